The molecule has 1 unspecified atom stereocenters. The van der Waals surface area contributed by atoms with Gasteiger partial charge in [0.05, 0.1) is 23.9 Å². The predicted octanol–water partition coefficient (Wildman–Crippen LogP) is 14.4. The maximum absolute atomic E-state index is 5.95. The topological polar surface area (TPSA) is 44.2 Å². The second-order valence-corrected chi connectivity index (χ2v) is 18.7. The summed E-state index contributed by atoms with van der Waals surface area (Å²) >= 11 is 1.30. The lowest BCUT2D eigenvalue weighted by Crippen LogP contribution is -2.15. The zero-order valence-corrected chi connectivity index (χ0v) is 36.0. The minimum absolute atomic E-state index is 0.140. The molecule has 0 bridgehead atoms. The van der Waals surface area contributed by atoms with Crippen molar-refractivity contribution >= 4 is 22.8 Å². The molecule has 0 amide bonds. The van der Waals surface area contributed by atoms with Crippen molar-refractivity contribution in [2.24, 2.45) is 0 Å². The van der Waals surface area contributed by atoms with Crippen molar-refractivity contribution in [2.45, 2.75) is 90.8 Å². The number of aromatic nitrogens is 2. The summed E-state index contributed by atoms with van der Waals surface area (Å²) < 4.78 is 21.7. The molecule has 0 N–H and O–H groups in total. The van der Waals surface area contributed by atoms with Gasteiger partial charge in [-0.25, -0.2) is 0 Å². The minimum Gasteiger partial charge on any atom is -0.491 e. The molecule has 294 valence electrons. The number of rotatable bonds is 8. The molecule has 4 nitrogen and oxygen atoms in total. The van der Waals surface area contributed by atoms with Crippen molar-refractivity contribution in [1.29, 1.82) is 0 Å². The molecule has 6 aromatic carbocycles. The second-order valence-electron chi connectivity index (χ2n) is 18.1. The Balaban J connectivity index is 0.945. The van der Waals surface area contributed by atoms with E-state index < -0.39 is 0 Å². The highest BCUT2D eigenvalue weighted by Crippen LogP contribution is 2.53. The first kappa shape index (κ1) is 37.5. The molecular weight excluding hydrogens is 741 g/mol. The van der Waals surface area contributed by atoms with Crippen molar-refractivity contribution in [2.75, 3.05) is 0 Å². The standard InChI is InChI=1S/C54H50N2O2S/c1-31(2)57-39-17-9-33(10-18-39)35-13-21-43-45-23-15-37(29-49(45)53(5,6)47(43)27-35)41-25-26-42(52-51(41)55-59-56-52)38-16-24-46-44-22-14-36(28-48(44)54(7,8)50(46)30-38)34-11-19-40(20-12-34)58-32(3)4/h9-11,13-32,34H,12H2,1-8H3. The van der Waals surface area contributed by atoms with Gasteiger partial charge in [0, 0.05) is 27.9 Å². The molecule has 0 aliphatic heterocycles. The van der Waals surface area contributed by atoms with Gasteiger partial charge in [-0.2, -0.15) is 8.75 Å². The molecule has 3 aliphatic rings. The van der Waals surface area contributed by atoms with Crippen LogP contribution in [0, 0.1) is 0 Å². The van der Waals surface area contributed by atoms with Crippen LogP contribution in [0.1, 0.15) is 95.5 Å². The van der Waals surface area contributed by atoms with Crippen LogP contribution < -0.4 is 4.74 Å². The SMILES string of the molecule is CC(C)OC1=CCC(c2ccc3c(c2)C(C)(C)c2cc(-c4ccc(-c5ccc6c(c5)C(C)(C)c5cc(-c7ccc(OC(C)C)cc7)ccc5-6)c5nsnc45)ccc2-3)C=C1. The average Bonchev–Trinajstić information content (AvgIpc) is 3.87. The summed E-state index contributed by atoms with van der Waals surface area (Å²) in [5.74, 6) is 2.22. The Morgan fingerprint density at radius 2 is 0.983 bits per heavy atom. The predicted molar refractivity (Wildman–Crippen MR) is 245 cm³/mol. The van der Waals surface area contributed by atoms with Crippen molar-refractivity contribution in [3.63, 3.8) is 0 Å². The number of allylic oxidation sites excluding steroid dienone is 3. The lowest BCUT2D eigenvalue weighted by molar-refractivity contribution is 0.156. The van der Waals surface area contributed by atoms with E-state index in [1.54, 1.807) is 0 Å². The van der Waals surface area contributed by atoms with E-state index in [9.17, 15) is 0 Å². The Labute approximate surface area is 352 Å². The van der Waals surface area contributed by atoms with E-state index in [2.05, 4.69) is 183 Å². The smallest absolute Gasteiger partial charge is 0.119 e. The fourth-order valence-corrected chi connectivity index (χ4v) is 10.3. The first-order valence-corrected chi connectivity index (χ1v) is 21.8. The van der Waals surface area contributed by atoms with E-state index in [0.29, 0.717) is 5.92 Å². The van der Waals surface area contributed by atoms with Gasteiger partial charge in [-0.05, 0) is 149 Å². The van der Waals surface area contributed by atoms with Gasteiger partial charge in [0.15, 0.2) is 0 Å². The van der Waals surface area contributed by atoms with Crippen LogP contribution in [0.25, 0.3) is 66.7 Å². The van der Waals surface area contributed by atoms with Crippen LogP contribution in [0.15, 0.2) is 133 Å². The Kier molecular flexibility index (Phi) is 8.84. The molecule has 5 heteroatoms. The van der Waals surface area contributed by atoms with Crippen LogP contribution in [0.3, 0.4) is 0 Å². The highest BCUT2D eigenvalue weighted by atomic mass is 32.1. The molecule has 0 saturated heterocycles. The molecule has 1 aromatic heterocycles. The van der Waals surface area contributed by atoms with Crippen LogP contribution in [0.2, 0.25) is 0 Å². The minimum atomic E-state index is -0.164. The molecule has 10 rings (SSSR count). The van der Waals surface area contributed by atoms with Gasteiger partial charge in [-0.15, -0.1) is 0 Å². The van der Waals surface area contributed by atoms with Crippen molar-refractivity contribution < 1.29 is 9.47 Å². The largest absolute Gasteiger partial charge is 0.491 e. The highest BCUT2D eigenvalue weighted by molar-refractivity contribution is 7.00. The van der Waals surface area contributed by atoms with Crippen LogP contribution in [-0.2, 0) is 15.6 Å². The molecule has 59 heavy (non-hydrogen) atoms. The summed E-state index contributed by atoms with van der Waals surface area (Å²) in [5.41, 5.74) is 20.7. The normalized spacial score (nSPS) is 16.8. The first-order valence-electron chi connectivity index (χ1n) is 21.0. The van der Waals surface area contributed by atoms with Crippen LogP contribution in [0.5, 0.6) is 5.75 Å². The van der Waals surface area contributed by atoms with Crippen molar-refractivity contribution in [3.05, 3.63) is 161 Å². The van der Waals surface area contributed by atoms with Gasteiger partial charge in [0.1, 0.15) is 22.5 Å². The monoisotopic (exact) mass is 790 g/mol. The number of ether oxygens (including phenoxy) is 2. The van der Waals surface area contributed by atoms with E-state index in [0.717, 1.165) is 40.1 Å². The van der Waals surface area contributed by atoms with E-state index in [1.165, 1.54) is 84.1 Å². The van der Waals surface area contributed by atoms with Gasteiger partial charge >= 0.3 is 0 Å². The summed E-state index contributed by atoms with van der Waals surface area (Å²) in [4.78, 5) is 0. The molecule has 0 saturated carbocycles. The first-order chi connectivity index (χ1) is 28.4. The quantitative estimate of drug-likeness (QED) is 0.154. The Hall–Kier alpha value is -5.78. The van der Waals surface area contributed by atoms with Gasteiger partial charge in [0.25, 0.3) is 0 Å². The maximum atomic E-state index is 5.95. The van der Waals surface area contributed by atoms with Crippen molar-refractivity contribution in [3.8, 4) is 61.4 Å². The van der Waals surface area contributed by atoms with Gasteiger partial charge in [-0.3, -0.25) is 0 Å². The maximum Gasteiger partial charge on any atom is 0.119 e. The Bertz CT molecular complexity index is 2870. The third-order valence-electron chi connectivity index (χ3n) is 12.8. The van der Waals surface area contributed by atoms with Gasteiger partial charge in [-0.1, -0.05) is 113 Å². The van der Waals surface area contributed by atoms with Gasteiger partial charge in [0.2, 0.25) is 0 Å². The lowest BCUT2D eigenvalue weighted by Gasteiger charge is -2.24. The average molecular weight is 791 g/mol. The zero-order chi connectivity index (χ0) is 40.8. The van der Waals surface area contributed by atoms with E-state index in [4.69, 9.17) is 18.2 Å². The molecule has 1 atom stereocenters. The van der Waals surface area contributed by atoms with Crippen molar-refractivity contribution in [1.82, 2.24) is 8.75 Å². The van der Waals surface area contributed by atoms with E-state index in [1.807, 2.05) is 0 Å². The Morgan fingerprint density at radius 1 is 0.525 bits per heavy atom. The Morgan fingerprint density at radius 3 is 1.49 bits per heavy atom. The number of hydrogen-bond acceptors (Lipinski definition) is 5. The van der Waals surface area contributed by atoms with Crippen LogP contribution in [-0.4, -0.2) is 21.0 Å². The number of nitrogens with zero attached hydrogens (tertiary/aromatic N) is 2. The third-order valence-corrected chi connectivity index (χ3v) is 13.4. The van der Waals surface area contributed by atoms with Crippen LogP contribution in [0.4, 0.5) is 0 Å². The summed E-state index contributed by atoms with van der Waals surface area (Å²) in [6.07, 6.45) is 7.95. The fourth-order valence-electron chi connectivity index (χ4n) is 9.78. The van der Waals surface area contributed by atoms with E-state index >= 15 is 0 Å². The number of hydrogen-bond donors (Lipinski definition) is 0. The lowest BCUT2D eigenvalue weighted by atomic mass is 9.80. The molecule has 1 heterocycles. The molecular formula is C54H50N2O2S. The highest BCUT2D eigenvalue weighted by Gasteiger charge is 2.38. The van der Waals surface area contributed by atoms with Crippen LogP contribution >= 0.6 is 11.7 Å². The summed E-state index contributed by atoms with van der Waals surface area (Å²) in [6.45, 7) is 17.7. The second kappa shape index (κ2) is 13.9. The summed E-state index contributed by atoms with van der Waals surface area (Å²) in [6, 6.07) is 41.0. The molecule has 0 fully saturated rings. The third kappa shape index (κ3) is 6.25. The summed E-state index contributed by atoms with van der Waals surface area (Å²) in [5, 5.41) is 0. The molecule has 0 radical (unpaired) electrons. The number of benzene rings is 6. The molecule has 3 aliphatic carbocycles. The van der Waals surface area contributed by atoms with Gasteiger partial charge < -0.3 is 9.47 Å². The number of fused-ring (bicyclic) bond motifs is 7. The molecule has 0 spiro atoms. The zero-order valence-electron chi connectivity index (χ0n) is 35.2. The fraction of sp³-hybridized carbons (Fsp3) is 0.259. The summed E-state index contributed by atoms with van der Waals surface area (Å²) in [7, 11) is 0. The molecule has 7 aromatic rings. The van der Waals surface area contributed by atoms with E-state index in [-0.39, 0.29) is 23.0 Å².